The quantitative estimate of drug-likeness (QED) is 0.244. The second kappa shape index (κ2) is 2.90. The molecular weight excluding hydrogens is 126 g/mol. The van der Waals surface area contributed by atoms with Gasteiger partial charge in [0.25, 0.3) is 0 Å². The monoisotopic (exact) mass is 141 g/mol. The molecule has 2 atom stereocenters. The van der Waals surface area contributed by atoms with Gasteiger partial charge in [-0.2, -0.15) is 5.10 Å². The van der Waals surface area contributed by atoms with Gasteiger partial charge in [0.15, 0.2) is 0 Å². The lowest BCUT2D eigenvalue weighted by atomic mass is 10.1. The predicted octanol–water partition coefficient (Wildman–Crippen LogP) is 0.654. The Morgan fingerprint density at radius 1 is 1.50 bits per heavy atom. The van der Waals surface area contributed by atoms with Crippen molar-refractivity contribution in [2.45, 2.75) is 26.2 Å². The second-order valence-corrected chi connectivity index (χ2v) is 3.17. The molecule has 1 aliphatic rings. The van der Waals surface area contributed by atoms with Crippen LogP contribution in [0, 0.1) is 11.8 Å². The molecule has 0 saturated heterocycles. The smallest absolute Gasteiger partial charge is 0.122 e. The first-order valence-corrected chi connectivity index (χ1v) is 3.77. The van der Waals surface area contributed by atoms with Crippen molar-refractivity contribution in [2.24, 2.45) is 28.5 Å². The van der Waals surface area contributed by atoms with E-state index >= 15 is 0 Å². The highest BCUT2D eigenvalue weighted by atomic mass is 15.2. The third-order valence-electron chi connectivity index (χ3n) is 2.26. The van der Waals surface area contributed by atoms with Gasteiger partial charge in [0.1, 0.15) is 5.84 Å². The van der Waals surface area contributed by atoms with Gasteiger partial charge in [0.05, 0.1) is 0 Å². The molecule has 0 aromatic carbocycles. The van der Waals surface area contributed by atoms with Gasteiger partial charge in [-0.1, -0.05) is 6.92 Å². The molecule has 1 rings (SSSR count). The zero-order chi connectivity index (χ0) is 7.56. The molecule has 3 nitrogen and oxygen atoms in total. The number of rotatable bonds is 1. The van der Waals surface area contributed by atoms with Crippen LogP contribution in [-0.4, -0.2) is 5.84 Å². The standard InChI is InChI=1S/C7H15N3/c1-5-2-3-6(4-5)7(8)10-9/h5-6H,2-4,9H2,1H3,(H2,8,10). The minimum absolute atomic E-state index is 0.458. The van der Waals surface area contributed by atoms with Crippen LogP contribution >= 0.6 is 0 Å². The van der Waals surface area contributed by atoms with Crippen LogP contribution in [0.2, 0.25) is 0 Å². The van der Waals surface area contributed by atoms with E-state index in [4.69, 9.17) is 11.6 Å². The summed E-state index contributed by atoms with van der Waals surface area (Å²) >= 11 is 0. The summed E-state index contributed by atoms with van der Waals surface area (Å²) in [6.07, 6.45) is 3.58. The molecule has 0 bridgehead atoms. The van der Waals surface area contributed by atoms with Crippen molar-refractivity contribution in [1.29, 1.82) is 0 Å². The zero-order valence-corrected chi connectivity index (χ0v) is 6.38. The maximum absolute atomic E-state index is 5.57. The molecule has 10 heavy (non-hydrogen) atoms. The molecule has 2 unspecified atom stereocenters. The minimum atomic E-state index is 0.458. The average molecular weight is 141 g/mol. The first-order valence-electron chi connectivity index (χ1n) is 3.77. The van der Waals surface area contributed by atoms with E-state index < -0.39 is 0 Å². The Hall–Kier alpha value is -0.730. The number of nitrogens with two attached hydrogens (primary N) is 2. The number of amidine groups is 1. The molecule has 0 aromatic rings. The summed E-state index contributed by atoms with van der Waals surface area (Å²) in [6.45, 7) is 2.24. The number of nitrogens with zero attached hydrogens (tertiary/aromatic N) is 1. The molecule has 0 radical (unpaired) electrons. The van der Waals surface area contributed by atoms with Gasteiger partial charge in [-0.3, -0.25) is 0 Å². The van der Waals surface area contributed by atoms with Gasteiger partial charge in [0, 0.05) is 5.92 Å². The van der Waals surface area contributed by atoms with E-state index in [1.807, 2.05) is 0 Å². The Morgan fingerprint density at radius 3 is 2.60 bits per heavy atom. The molecule has 0 aromatic heterocycles. The van der Waals surface area contributed by atoms with E-state index in [2.05, 4.69) is 12.0 Å². The van der Waals surface area contributed by atoms with Crippen molar-refractivity contribution in [3.63, 3.8) is 0 Å². The van der Waals surface area contributed by atoms with E-state index in [0.717, 1.165) is 18.8 Å². The molecule has 58 valence electrons. The molecule has 1 fully saturated rings. The summed E-state index contributed by atoms with van der Waals surface area (Å²) in [5.74, 6) is 6.94. The van der Waals surface area contributed by atoms with Crippen molar-refractivity contribution in [1.82, 2.24) is 0 Å². The average Bonchev–Trinajstić information content (AvgIpc) is 2.34. The fourth-order valence-electron chi connectivity index (χ4n) is 1.58. The fraction of sp³-hybridized carbons (Fsp3) is 0.857. The summed E-state index contributed by atoms with van der Waals surface area (Å²) in [7, 11) is 0. The molecule has 3 heteroatoms. The third kappa shape index (κ3) is 1.40. The number of hydrogen-bond acceptors (Lipinski definition) is 2. The van der Waals surface area contributed by atoms with E-state index in [9.17, 15) is 0 Å². The van der Waals surface area contributed by atoms with Crippen molar-refractivity contribution >= 4 is 5.84 Å². The lowest BCUT2D eigenvalue weighted by Gasteiger charge is -2.05. The van der Waals surface area contributed by atoms with Crippen molar-refractivity contribution in [3.8, 4) is 0 Å². The summed E-state index contributed by atoms with van der Waals surface area (Å²) in [4.78, 5) is 0. The Balaban J connectivity index is 2.45. The van der Waals surface area contributed by atoms with Gasteiger partial charge >= 0.3 is 0 Å². The van der Waals surface area contributed by atoms with Gasteiger partial charge in [0.2, 0.25) is 0 Å². The Morgan fingerprint density at radius 2 is 2.20 bits per heavy atom. The first-order chi connectivity index (χ1) is 4.74. The predicted molar refractivity (Wildman–Crippen MR) is 42.3 cm³/mol. The molecule has 4 N–H and O–H groups in total. The van der Waals surface area contributed by atoms with Crippen molar-refractivity contribution in [2.75, 3.05) is 0 Å². The van der Waals surface area contributed by atoms with Crippen molar-refractivity contribution in [3.05, 3.63) is 0 Å². The topological polar surface area (TPSA) is 64.4 Å². The SMILES string of the molecule is CC1CCC(C(N)=NN)C1. The first kappa shape index (κ1) is 7.38. The van der Waals surface area contributed by atoms with Crippen LogP contribution in [0.25, 0.3) is 0 Å². The maximum atomic E-state index is 5.57. The minimum Gasteiger partial charge on any atom is -0.386 e. The van der Waals surface area contributed by atoms with Crippen LogP contribution in [-0.2, 0) is 0 Å². The highest BCUT2D eigenvalue weighted by molar-refractivity contribution is 5.82. The van der Waals surface area contributed by atoms with Crippen LogP contribution in [0.15, 0.2) is 5.10 Å². The third-order valence-corrected chi connectivity index (χ3v) is 2.26. The van der Waals surface area contributed by atoms with Crippen LogP contribution in [0.4, 0.5) is 0 Å². The summed E-state index contributed by atoms with van der Waals surface area (Å²) in [6, 6.07) is 0. The molecule has 1 saturated carbocycles. The normalized spacial score (nSPS) is 34.7. The van der Waals surface area contributed by atoms with Gasteiger partial charge in [-0.25, -0.2) is 0 Å². The molecule has 0 aliphatic heterocycles. The highest BCUT2D eigenvalue weighted by Gasteiger charge is 2.23. The van der Waals surface area contributed by atoms with E-state index in [0.29, 0.717) is 11.8 Å². The maximum Gasteiger partial charge on any atom is 0.122 e. The molecule has 0 heterocycles. The van der Waals surface area contributed by atoms with Crippen LogP contribution in [0.5, 0.6) is 0 Å². The van der Waals surface area contributed by atoms with Crippen LogP contribution < -0.4 is 11.6 Å². The Bertz CT molecular complexity index is 142. The zero-order valence-electron chi connectivity index (χ0n) is 6.38. The van der Waals surface area contributed by atoms with Crippen LogP contribution in [0.3, 0.4) is 0 Å². The Kier molecular flexibility index (Phi) is 2.14. The Labute approximate surface area is 61.5 Å². The summed E-state index contributed by atoms with van der Waals surface area (Å²) in [5.41, 5.74) is 5.57. The van der Waals surface area contributed by atoms with Gasteiger partial charge in [-0.15, -0.1) is 0 Å². The van der Waals surface area contributed by atoms with E-state index in [-0.39, 0.29) is 0 Å². The number of hydrazone groups is 1. The summed E-state index contributed by atoms with van der Waals surface area (Å²) in [5, 5.41) is 3.50. The van der Waals surface area contributed by atoms with Crippen LogP contribution in [0.1, 0.15) is 26.2 Å². The van der Waals surface area contributed by atoms with Crippen molar-refractivity contribution < 1.29 is 0 Å². The molecule has 0 amide bonds. The van der Waals surface area contributed by atoms with Gasteiger partial charge in [-0.05, 0) is 25.2 Å². The molecule has 1 aliphatic carbocycles. The summed E-state index contributed by atoms with van der Waals surface area (Å²) < 4.78 is 0. The van der Waals surface area contributed by atoms with Gasteiger partial charge < -0.3 is 11.6 Å². The molecule has 0 spiro atoms. The highest BCUT2D eigenvalue weighted by Crippen LogP contribution is 2.29. The van der Waals surface area contributed by atoms with E-state index in [1.165, 1.54) is 6.42 Å². The van der Waals surface area contributed by atoms with E-state index in [1.54, 1.807) is 0 Å². The lowest BCUT2D eigenvalue weighted by molar-refractivity contribution is 0.594. The lowest BCUT2D eigenvalue weighted by Crippen LogP contribution is -2.23. The molecular formula is C7H15N3. The largest absolute Gasteiger partial charge is 0.386 e. The fourth-order valence-corrected chi connectivity index (χ4v) is 1.58. The number of hydrogen-bond donors (Lipinski definition) is 2. The second-order valence-electron chi connectivity index (χ2n) is 3.17.